The molecule has 0 spiro atoms. The lowest BCUT2D eigenvalue weighted by Gasteiger charge is -1.99. The minimum Gasteiger partial charge on any atom is -0.480 e. The lowest BCUT2D eigenvalue weighted by molar-refractivity contribution is -0.142. The molecule has 0 aromatic carbocycles. The summed E-state index contributed by atoms with van der Waals surface area (Å²) in [4.78, 5) is 21.7. The van der Waals surface area contributed by atoms with E-state index in [0.29, 0.717) is 18.6 Å². The molecule has 0 saturated carbocycles. The summed E-state index contributed by atoms with van der Waals surface area (Å²) in [7, 11) is 1.60. The second kappa shape index (κ2) is 8.61. The molecule has 1 atom stereocenters. The molecule has 0 aromatic heterocycles. The van der Waals surface area contributed by atoms with Gasteiger partial charge < -0.3 is 14.6 Å². The van der Waals surface area contributed by atoms with Crippen molar-refractivity contribution in [2.75, 3.05) is 20.3 Å². The maximum absolute atomic E-state index is 11.5. The van der Waals surface area contributed by atoms with Crippen LogP contribution in [0, 0.1) is 0 Å². The molecule has 0 aliphatic heterocycles. The second-order valence-corrected chi connectivity index (χ2v) is 4.37. The van der Waals surface area contributed by atoms with Crippen LogP contribution in [0.15, 0.2) is 23.8 Å². The van der Waals surface area contributed by atoms with E-state index in [1.54, 1.807) is 7.11 Å². The number of Topliss-reactive ketones (excluding diaryl/α,β-unsaturated/α-hetero) is 1. The minimum absolute atomic E-state index is 0.0865. The molecule has 0 radical (unpaired) electrons. The molecule has 19 heavy (non-hydrogen) atoms. The van der Waals surface area contributed by atoms with Crippen molar-refractivity contribution in [3.05, 3.63) is 23.8 Å². The highest BCUT2D eigenvalue weighted by molar-refractivity contribution is 6.00. The van der Waals surface area contributed by atoms with E-state index in [1.165, 1.54) is 0 Å². The van der Waals surface area contributed by atoms with Gasteiger partial charge in [0.15, 0.2) is 5.78 Å². The molecule has 1 aliphatic carbocycles. The third kappa shape index (κ3) is 6.31. The van der Waals surface area contributed by atoms with E-state index < -0.39 is 5.97 Å². The van der Waals surface area contributed by atoms with Crippen molar-refractivity contribution >= 4 is 11.8 Å². The number of hydrogen-bond acceptors (Lipinski definition) is 4. The summed E-state index contributed by atoms with van der Waals surface area (Å²) in [5, 5.41) is 8.36. The number of aliphatic carboxylic acids is 1. The van der Waals surface area contributed by atoms with Gasteiger partial charge in [-0.05, 0) is 25.3 Å². The summed E-state index contributed by atoms with van der Waals surface area (Å²) < 4.78 is 10.0. The van der Waals surface area contributed by atoms with E-state index in [1.807, 2.05) is 18.2 Å². The molecule has 1 rings (SSSR count). The van der Waals surface area contributed by atoms with Gasteiger partial charge in [-0.2, -0.15) is 0 Å². The first-order valence-corrected chi connectivity index (χ1v) is 6.37. The Morgan fingerprint density at radius 3 is 2.95 bits per heavy atom. The van der Waals surface area contributed by atoms with Crippen molar-refractivity contribution in [2.24, 2.45) is 0 Å². The number of ether oxygens (including phenoxy) is 2. The summed E-state index contributed by atoms with van der Waals surface area (Å²) in [6.07, 6.45) is 8.54. The van der Waals surface area contributed by atoms with E-state index in [2.05, 4.69) is 0 Å². The third-order valence-corrected chi connectivity index (χ3v) is 2.81. The Hall–Kier alpha value is -1.46. The van der Waals surface area contributed by atoms with Crippen molar-refractivity contribution < 1.29 is 24.2 Å². The molecule has 1 aliphatic rings. The Bertz CT molecular complexity index is 370. The normalized spacial score (nSPS) is 19.1. The molecule has 1 N–H and O–H groups in total. The number of rotatable bonds is 9. The van der Waals surface area contributed by atoms with Gasteiger partial charge in [0.2, 0.25) is 0 Å². The van der Waals surface area contributed by atoms with Gasteiger partial charge in [-0.1, -0.05) is 12.2 Å². The van der Waals surface area contributed by atoms with Gasteiger partial charge in [0.25, 0.3) is 0 Å². The van der Waals surface area contributed by atoms with Crippen molar-refractivity contribution in [1.82, 2.24) is 0 Å². The highest BCUT2D eigenvalue weighted by Crippen LogP contribution is 2.18. The molecule has 0 amide bonds. The average molecular weight is 268 g/mol. The Labute approximate surface area is 112 Å². The zero-order valence-corrected chi connectivity index (χ0v) is 11.1. The maximum Gasteiger partial charge on any atom is 0.329 e. The summed E-state index contributed by atoms with van der Waals surface area (Å²) in [6.45, 7) is 0.211. The highest BCUT2D eigenvalue weighted by Gasteiger charge is 2.21. The van der Waals surface area contributed by atoms with Crippen LogP contribution in [-0.4, -0.2) is 43.3 Å². The Morgan fingerprint density at radius 1 is 1.53 bits per heavy atom. The number of carboxylic acid groups (broad SMARTS) is 1. The van der Waals surface area contributed by atoms with Gasteiger partial charge in [-0.15, -0.1) is 0 Å². The quantitative estimate of drug-likeness (QED) is 0.645. The SMILES string of the molecule is COC1C=C(C=CCCCCOCC(=O)O)C(=O)C1. The molecular formula is C14H20O5. The van der Waals surface area contributed by atoms with Crippen LogP contribution in [0.5, 0.6) is 0 Å². The topological polar surface area (TPSA) is 72.8 Å². The number of hydrogen-bond donors (Lipinski definition) is 1. The zero-order valence-electron chi connectivity index (χ0n) is 11.1. The molecule has 0 heterocycles. The van der Waals surface area contributed by atoms with E-state index in [0.717, 1.165) is 19.3 Å². The molecule has 5 nitrogen and oxygen atoms in total. The van der Waals surface area contributed by atoms with Crippen LogP contribution in [0.3, 0.4) is 0 Å². The van der Waals surface area contributed by atoms with E-state index >= 15 is 0 Å². The van der Waals surface area contributed by atoms with Crippen molar-refractivity contribution in [2.45, 2.75) is 31.8 Å². The fourth-order valence-corrected chi connectivity index (χ4v) is 1.79. The van der Waals surface area contributed by atoms with Crippen molar-refractivity contribution in [1.29, 1.82) is 0 Å². The molecule has 0 saturated heterocycles. The monoisotopic (exact) mass is 268 g/mol. The second-order valence-electron chi connectivity index (χ2n) is 4.37. The lowest BCUT2D eigenvalue weighted by Crippen LogP contribution is -2.07. The molecule has 1 unspecified atom stereocenters. The number of methoxy groups -OCH3 is 1. The minimum atomic E-state index is -0.945. The predicted molar refractivity (Wildman–Crippen MR) is 69.9 cm³/mol. The van der Waals surface area contributed by atoms with Gasteiger partial charge in [0.05, 0.1) is 6.10 Å². The molecular weight excluding hydrogens is 248 g/mol. The summed E-state index contributed by atoms with van der Waals surface area (Å²) in [5.74, 6) is -0.827. The van der Waals surface area contributed by atoms with Gasteiger partial charge in [0, 0.05) is 25.7 Å². The molecule has 0 fully saturated rings. The van der Waals surface area contributed by atoms with Crippen LogP contribution in [0.1, 0.15) is 25.7 Å². The van der Waals surface area contributed by atoms with Gasteiger partial charge in [0.1, 0.15) is 6.61 Å². The summed E-state index contributed by atoms with van der Waals surface area (Å²) >= 11 is 0. The third-order valence-electron chi connectivity index (χ3n) is 2.81. The number of carboxylic acids is 1. The van der Waals surface area contributed by atoms with E-state index in [9.17, 15) is 9.59 Å². The molecule has 0 bridgehead atoms. The van der Waals surface area contributed by atoms with E-state index in [4.69, 9.17) is 14.6 Å². The number of ketones is 1. The van der Waals surface area contributed by atoms with Crippen molar-refractivity contribution in [3.63, 3.8) is 0 Å². The van der Waals surface area contributed by atoms with Crippen molar-refractivity contribution in [3.8, 4) is 0 Å². The molecule has 106 valence electrons. The predicted octanol–water partition coefficient (Wildman–Crippen LogP) is 1.73. The lowest BCUT2D eigenvalue weighted by atomic mass is 10.1. The maximum atomic E-state index is 11.5. The Morgan fingerprint density at radius 2 is 2.32 bits per heavy atom. The zero-order chi connectivity index (χ0) is 14.1. The first-order chi connectivity index (χ1) is 9.13. The van der Waals surface area contributed by atoms with Gasteiger partial charge in [-0.25, -0.2) is 4.79 Å². The largest absolute Gasteiger partial charge is 0.480 e. The van der Waals surface area contributed by atoms with Crippen LogP contribution in [0.4, 0.5) is 0 Å². The summed E-state index contributed by atoms with van der Waals surface area (Å²) in [6, 6.07) is 0. The smallest absolute Gasteiger partial charge is 0.329 e. The van der Waals surface area contributed by atoms with Crippen LogP contribution in [-0.2, 0) is 19.1 Å². The Balaban J connectivity index is 2.10. The number of allylic oxidation sites excluding steroid dienone is 3. The number of unbranched alkanes of at least 4 members (excludes halogenated alkanes) is 2. The fourth-order valence-electron chi connectivity index (χ4n) is 1.79. The first kappa shape index (κ1) is 15.6. The molecule has 0 aromatic rings. The highest BCUT2D eigenvalue weighted by atomic mass is 16.5. The average Bonchev–Trinajstić information content (AvgIpc) is 2.73. The van der Waals surface area contributed by atoms with Crippen LogP contribution in [0.2, 0.25) is 0 Å². The van der Waals surface area contributed by atoms with Crippen LogP contribution < -0.4 is 0 Å². The Kier molecular flexibility index (Phi) is 7.07. The first-order valence-electron chi connectivity index (χ1n) is 6.37. The fraction of sp³-hybridized carbons (Fsp3) is 0.571. The molecule has 5 heteroatoms. The number of carbonyl (C=O) groups is 2. The standard InChI is InChI=1S/C14H20O5/c1-18-12-8-11(13(15)9-12)6-4-2-3-5-7-19-10-14(16)17/h4,6,8,12H,2-3,5,7,9-10H2,1H3,(H,16,17). The number of carbonyl (C=O) groups excluding carboxylic acids is 1. The van der Waals surface area contributed by atoms with Gasteiger partial charge in [-0.3, -0.25) is 4.79 Å². The van der Waals surface area contributed by atoms with Crippen LogP contribution in [0.25, 0.3) is 0 Å². The van der Waals surface area contributed by atoms with E-state index in [-0.39, 0.29) is 18.5 Å². The van der Waals surface area contributed by atoms with Gasteiger partial charge >= 0.3 is 5.97 Å². The van der Waals surface area contributed by atoms with Crippen LogP contribution >= 0.6 is 0 Å². The summed E-state index contributed by atoms with van der Waals surface area (Å²) in [5.41, 5.74) is 0.717.